The molecule has 0 aromatic rings. The van der Waals surface area contributed by atoms with Gasteiger partial charge in [0.25, 0.3) is 0 Å². The molecular formula is C19H38. The molecule has 0 heteroatoms. The molecule has 0 radical (unpaired) electrons. The predicted octanol–water partition coefficient (Wildman–Crippen LogP) is 6.40. The second-order valence-corrected chi connectivity index (χ2v) is 9.36. The Hall–Kier alpha value is 0. The molecule has 1 aliphatic rings. The van der Waals surface area contributed by atoms with Gasteiger partial charge in [-0.2, -0.15) is 0 Å². The minimum atomic E-state index is 0.437. The van der Waals surface area contributed by atoms with E-state index in [9.17, 15) is 0 Å². The zero-order valence-corrected chi connectivity index (χ0v) is 15.2. The molecule has 1 fully saturated rings. The molecular weight excluding hydrogens is 228 g/mol. The molecule has 0 aliphatic heterocycles. The van der Waals surface area contributed by atoms with Gasteiger partial charge in [0.05, 0.1) is 0 Å². The average molecular weight is 267 g/mol. The zero-order chi connectivity index (χ0) is 15.2. The summed E-state index contributed by atoms with van der Waals surface area (Å²) < 4.78 is 0. The first-order chi connectivity index (χ1) is 8.39. The lowest BCUT2D eigenvalue weighted by Gasteiger charge is -2.47. The largest absolute Gasteiger partial charge is 0.0651 e. The van der Waals surface area contributed by atoms with Gasteiger partial charge in [-0.25, -0.2) is 0 Å². The van der Waals surface area contributed by atoms with Crippen LogP contribution in [0.2, 0.25) is 0 Å². The summed E-state index contributed by atoms with van der Waals surface area (Å²) in [6.45, 7) is 24.7. The normalized spacial score (nSPS) is 36.8. The minimum Gasteiger partial charge on any atom is -0.0651 e. The summed E-state index contributed by atoms with van der Waals surface area (Å²) in [4.78, 5) is 0. The van der Waals surface area contributed by atoms with Crippen LogP contribution in [0.3, 0.4) is 0 Å². The van der Waals surface area contributed by atoms with E-state index in [-0.39, 0.29) is 0 Å². The van der Waals surface area contributed by atoms with E-state index in [2.05, 4.69) is 69.2 Å². The van der Waals surface area contributed by atoms with E-state index in [1.165, 1.54) is 12.8 Å². The van der Waals surface area contributed by atoms with Crippen LogP contribution in [0, 0.1) is 39.9 Å². The topological polar surface area (TPSA) is 0 Å². The summed E-state index contributed by atoms with van der Waals surface area (Å²) in [6.07, 6.45) is 2.73. The zero-order valence-electron chi connectivity index (χ0n) is 15.2. The highest BCUT2D eigenvalue weighted by Gasteiger charge is 2.59. The van der Waals surface area contributed by atoms with Gasteiger partial charge in [0, 0.05) is 0 Å². The lowest BCUT2D eigenvalue weighted by molar-refractivity contribution is 0.0105. The lowest BCUT2D eigenvalue weighted by Crippen LogP contribution is -2.41. The second kappa shape index (κ2) is 5.08. The van der Waals surface area contributed by atoms with Crippen molar-refractivity contribution in [2.75, 3.05) is 0 Å². The van der Waals surface area contributed by atoms with E-state index in [1.54, 1.807) is 0 Å². The summed E-state index contributed by atoms with van der Waals surface area (Å²) in [7, 11) is 0. The third-order valence-corrected chi connectivity index (χ3v) is 7.09. The molecule has 0 spiro atoms. The summed E-state index contributed by atoms with van der Waals surface area (Å²) in [5, 5.41) is 0. The van der Waals surface area contributed by atoms with Crippen molar-refractivity contribution in [3.63, 3.8) is 0 Å². The average Bonchev–Trinajstić information content (AvgIpc) is 2.45. The van der Waals surface area contributed by atoms with Gasteiger partial charge >= 0.3 is 0 Å². The molecule has 0 N–H and O–H groups in total. The van der Waals surface area contributed by atoms with Gasteiger partial charge in [-0.05, 0) is 46.3 Å². The van der Waals surface area contributed by atoms with E-state index in [4.69, 9.17) is 0 Å². The molecule has 0 bridgehead atoms. The van der Waals surface area contributed by atoms with Crippen LogP contribution in [0.25, 0.3) is 0 Å². The lowest BCUT2D eigenvalue weighted by atomic mass is 9.57. The Labute approximate surface area is 122 Å². The molecule has 1 saturated carbocycles. The van der Waals surface area contributed by atoms with Gasteiger partial charge < -0.3 is 0 Å². The van der Waals surface area contributed by atoms with E-state index in [0.717, 1.165) is 23.7 Å². The first-order valence-electron chi connectivity index (χ1n) is 8.39. The van der Waals surface area contributed by atoms with Crippen LogP contribution in [0.1, 0.15) is 82.1 Å². The maximum absolute atomic E-state index is 2.58. The summed E-state index contributed by atoms with van der Waals surface area (Å²) in [5.74, 6) is 3.29. The Bertz CT molecular complexity index is 304. The molecule has 19 heavy (non-hydrogen) atoms. The van der Waals surface area contributed by atoms with E-state index in [0.29, 0.717) is 16.2 Å². The third kappa shape index (κ3) is 2.61. The van der Waals surface area contributed by atoms with Crippen molar-refractivity contribution in [3.8, 4) is 0 Å². The maximum atomic E-state index is 2.58. The van der Waals surface area contributed by atoms with Crippen molar-refractivity contribution in [1.29, 1.82) is 0 Å². The standard InChI is InChI=1S/C19H38/c1-11-15-16(17(5,6)7)12-19(10,18(15,8)9)14(4)13(2)3/h13-16H,11-12H2,1-10H3. The smallest absolute Gasteiger partial charge is 0.0241 e. The fourth-order valence-electron chi connectivity index (χ4n) is 5.00. The van der Waals surface area contributed by atoms with Gasteiger partial charge in [-0.3, -0.25) is 0 Å². The highest BCUT2D eigenvalue weighted by molar-refractivity contribution is 5.08. The summed E-state index contributed by atoms with van der Waals surface area (Å²) in [5.41, 5.74) is 1.36. The van der Waals surface area contributed by atoms with E-state index < -0.39 is 0 Å². The molecule has 0 heterocycles. The number of hydrogen-bond donors (Lipinski definition) is 0. The van der Waals surface area contributed by atoms with Crippen LogP contribution >= 0.6 is 0 Å². The van der Waals surface area contributed by atoms with Crippen molar-refractivity contribution < 1.29 is 0 Å². The summed E-state index contributed by atoms with van der Waals surface area (Å²) >= 11 is 0. The molecule has 0 aromatic carbocycles. The minimum absolute atomic E-state index is 0.437. The van der Waals surface area contributed by atoms with Crippen molar-refractivity contribution in [3.05, 3.63) is 0 Å². The Balaban J connectivity index is 3.23. The first kappa shape index (κ1) is 17.1. The molecule has 4 atom stereocenters. The second-order valence-electron chi connectivity index (χ2n) is 9.36. The van der Waals surface area contributed by atoms with Gasteiger partial charge in [0.1, 0.15) is 0 Å². The molecule has 0 amide bonds. The fraction of sp³-hybridized carbons (Fsp3) is 1.00. The highest BCUT2D eigenvalue weighted by Crippen LogP contribution is 2.66. The van der Waals surface area contributed by atoms with Crippen LogP contribution in [0.5, 0.6) is 0 Å². The SMILES string of the molecule is CCC1C(C(C)(C)C)CC(C)(C(C)C(C)C)C1(C)C. The quantitative estimate of drug-likeness (QED) is 0.554. The Kier molecular flexibility index (Phi) is 4.56. The molecule has 0 aromatic heterocycles. The molecule has 1 rings (SSSR count). The van der Waals surface area contributed by atoms with Crippen LogP contribution in [-0.4, -0.2) is 0 Å². The van der Waals surface area contributed by atoms with Crippen molar-refractivity contribution in [2.24, 2.45) is 39.9 Å². The monoisotopic (exact) mass is 266 g/mol. The molecule has 114 valence electrons. The van der Waals surface area contributed by atoms with Crippen LogP contribution in [-0.2, 0) is 0 Å². The van der Waals surface area contributed by atoms with Gasteiger partial charge in [-0.15, -0.1) is 0 Å². The molecule has 0 saturated heterocycles. The third-order valence-electron chi connectivity index (χ3n) is 7.09. The Morgan fingerprint density at radius 1 is 1.05 bits per heavy atom. The van der Waals surface area contributed by atoms with Crippen LogP contribution < -0.4 is 0 Å². The summed E-state index contributed by atoms with van der Waals surface area (Å²) in [6, 6.07) is 0. The first-order valence-corrected chi connectivity index (χ1v) is 8.39. The fourth-order valence-corrected chi connectivity index (χ4v) is 5.00. The number of rotatable bonds is 3. The molecule has 4 unspecified atom stereocenters. The molecule has 1 aliphatic carbocycles. The highest BCUT2D eigenvalue weighted by atomic mass is 14.6. The van der Waals surface area contributed by atoms with Crippen molar-refractivity contribution in [2.45, 2.75) is 82.1 Å². The van der Waals surface area contributed by atoms with Crippen molar-refractivity contribution in [1.82, 2.24) is 0 Å². The Morgan fingerprint density at radius 2 is 1.53 bits per heavy atom. The predicted molar refractivity (Wildman–Crippen MR) is 87.2 cm³/mol. The van der Waals surface area contributed by atoms with Crippen LogP contribution in [0.15, 0.2) is 0 Å². The molecule has 0 nitrogen and oxygen atoms in total. The van der Waals surface area contributed by atoms with Gasteiger partial charge in [0.2, 0.25) is 0 Å². The number of hydrogen-bond acceptors (Lipinski definition) is 0. The van der Waals surface area contributed by atoms with E-state index >= 15 is 0 Å². The van der Waals surface area contributed by atoms with E-state index in [1.807, 2.05) is 0 Å². The van der Waals surface area contributed by atoms with Crippen molar-refractivity contribution >= 4 is 0 Å². The van der Waals surface area contributed by atoms with Crippen LogP contribution in [0.4, 0.5) is 0 Å². The van der Waals surface area contributed by atoms with Gasteiger partial charge in [-0.1, -0.05) is 75.7 Å². The Morgan fingerprint density at radius 3 is 1.79 bits per heavy atom. The van der Waals surface area contributed by atoms with Gasteiger partial charge in [0.15, 0.2) is 0 Å². The maximum Gasteiger partial charge on any atom is -0.0241 e.